The van der Waals surface area contributed by atoms with Gasteiger partial charge in [0.05, 0.1) is 0 Å². The highest BCUT2D eigenvalue weighted by Gasteiger charge is 2.36. The first kappa shape index (κ1) is 15.6. The molecule has 1 aliphatic rings. The fourth-order valence-corrected chi connectivity index (χ4v) is 2.20. The minimum absolute atomic E-state index is 0.0823. The molecule has 1 unspecified atom stereocenters. The molecule has 1 aliphatic carbocycles. The third kappa shape index (κ3) is 4.63. The van der Waals surface area contributed by atoms with E-state index in [1.54, 1.807) is 0 Å². The summed E-state index contributed by atoms with van der Waals surface area (Å²) >= 11 is 0. The third-order valence-corrected chi connectivity index (χ3v) is 3.64. The van der Waals surface area contributed by atoms with Crippen molar-refractivity contribution in [2.75, 3.05) is 0 Å². The van der Waals surface area contributed by atoms with Gasteiger partial charge in [0.25, 0.3) is 0 Å². The van der Waals surface area contributed by atoms with E-state index in [-0.39, 0.29) is 12.8 Å². The van der Waals surface area contributed by atoms with E-state index in [1.165, 1.54) is 5.57 Å². The average Bonchev–Trinajstić information content (AvgIpc) is 2.30. The van der Waals surface area contributed by atoms with Crippen molar-refractivity contribution in [3.63, 3.8) is 0 Å². The molecular weight excluding hydrogens is 206 g/mol. The third-order valence-electron chi connectivity index (χ3n) is 3.64. The lowest BCUT2D eigenvalue weighted by atomic mass is 9.77. The van der Waals surface area contributed by atoms with Crippen molar-refractivity contribution >= 4 is 0 Å². The maximum Gasteiger partial charge on any atom is 0.248 e. The highest BCUT2D eigenvalue weighted by atomic mass is 19.3. The van der Waals surface area contributed by atoms with Crippen molar-refractivity contribution in [3.8, 4) is 0 Å². The maximum atomic E-state index is 12.9. The van der Waals surface area contributed by atoms with E-state index in [1.807, 2.05) is 20.8 Å². The molecule has 1 fully saturated rings. The fraction of sp³-hybridized carbons (Fsp3) is 0.857. The van der Waals surface area contributed by atoms with Gasteiger partial charge >= 0.3 is 0 Å². The molecule has 0 aromatic carbocycles. The Morgan fingerprint density at radius 3 is 2.06 bits per heavy atom. The predicted molar refractivity (Wildman–Crippen MR) is 66.8 cm³/mol. The summed E-state index contributed by atoms with van der Waals surface area (Å²) in [5.74, 6) is -1.46. The molecule has 2 heteroatoms. The van der Waals surface area contributed by atoms with Crippen LogP contribution in [0.5, 0.6) is 0 Å². The van der Waals surface area contributed by atoms with Crippen molar-refractivity contribution in [3.05, 3.63) is 11.6 Å². The molecule has 0 radical (unpaired) electrons. The molecule has 0 aliphatic heterocycles. The van der Waals surface area contributed by atoms with Crippen LogP contribution >= 0.6 is 0 Å². The van der Waals surface area contributed by atoms with Crippen molar-refractivity contribution < 1.29 is 8.78 Å². The first-order valence-electron chi connectivity index (χ1n) is 6.47. The molecule has 0 amide bonds. The van der Waals surface area contributed by atoms with Gasteiger partial charge < -0.3 is 0 Å². The molecular formula is C14H26F2. The molecule has 16 heavy (non-hydrogen) atoms. The summed E-state index contributed by atoms with van der Waals surface area (Å²) < 4.78 is 25.8. The lowest BCUT2D eigenvalue weighted by Crippen LogP contribution is -2.27. The van der Waals surface area contributed by atoms with Crippen LogP contribution in [0.25, 0.3) is 0 Å². The second kappa shape index (κ2) is 7.03. The van der Waals surface area contributed by atoms with Gasteiger partial charge in [-0.1, -0.05) is 32.4 Å². The van der Waals surface area contributed by atoms with Crippen LogP contribution in [0.1, 0.15) is 60.3 Å². The Bertz CT molecular complexity index is 209. The Morgan fingerprint density at radius 2 is 1.69 bits per heavy atom. The van der Waals surface area contributed by atoms with Gasteiger partial charge in [0.15, 0.2) is 0 Å². The van der Waals surface area contributed by atoms with Crippen LogP contribution in [-0.2, 0) is 0 Å². The fourth-order valence-electron chi connectivity index (χ4n) is 2.20. The highest BCUT2D eigenvalue weighted by molar-refractivity contribution is 5.03. The topological polar surface area (TPSA) is 0 Å². The van der Waals surface area contributed by atoms with E-state index >= 15 is 0 Å². The number of hydrogen-bond acceptors (Lipinski definition) is 0. The average molecular weight is 232 g/mol. The van der Waals surface area contributed by atoms with Gasteiger partial charge in [-0.25, -0.2) is 8.78 Å². The summed E-state index contributed by atoms with van der Waals surface area (Å²) in [6.07, 6.45) is 3.62. The Hall–Kier alpha value is -0.400. The molecule has 96 valence electrons. The van der Waals surface area contributed by atoms with Crippen LogP contribution in [0.3, 0.4) is 0 Å². The van der Waals surface area contributed by atoms with Crippen LogP contribution < -0.4 is 0 Å². The standard InChI is InChI=1S/C12H20F2.C2H6/c1-4-9(2)10(3)11-5-7-12(13,14)8-6-11;1-2/h4,10-11H,5-8H2,1-3H3;1-2H3/b9-4+;. The molecule has 0 aromatic heterocycles. The molecule has 0 aromatic rings. The molecule has 1 rings (SSSR count). The van der Waals surface area contributed by atoms with Crippen molar-refractivity contribution in [2.45, 2.75) is 66.2 Å². The molecule has 0 bridgehead atoms. The van der Waals surface area contributed by atoms with Crippen LogP contribution in [0, 0.1) is 11.8 Å². The number of alkyl halides is 2. The molecule has 0 spiro atoms. The number of allylic oxidation sites excluding steroid dienone is 2. The smallest absolute Gasteiger partial charge is 0.207 e. The number of halogens is 2. The Morgan fingerprint density at radius 1 is 1.25 bits per heavy atom. The zero-order valence-corrected chi connectivity index (χ0v) is 11.3. The zero-order valence-electron chi connectivity index (χ0n) is 11.3. The summed E-state index contributed by atoms with van der Waals surface area (Å²) in [6.45, 7) is 10.3. The summed E-state index contributed by atoms with van der Waals surface area (Å²) in [5, 5.41) is 0. The van der Waals surface area contributed by atoms with E-state index in [9.17, 15) is 8.78 Å². The summed E-state index contributed by atoms with van der Waals surface area (Å²) in [7, 11) is 0. The van der Waals surface area contributed by atoms with Crippen molar-refractivity contribution in [2.24, 2.45) is 11.8 Å². The molecule has 0 N–H and O–H groups in total. The summed E-state index contributed by atoms with van der Waals surface area (Å²) in [6, 6.07) is 0. The second-order valence-corrected chi connectivity index (χ2v) is 4.51. The van der Waals surface area contributed by atoms with E-state index < -0.39 is 5.92 Å². The first-order valence-corrected chi connectivity index (χ1v) is 6.47. The number of rotatable bonds is 2. The van der Waals surface area contributed by atoms with Crippen LogP contribution in [0.2, 0.25) is 0 Å². The van der Waals surface area contributed by atoms with Crippen LogP contribution in [0.15, 0.2) is 11.6 Å². The van der Waals surface area contributed by atoms with Gasteiger partial charge in [-0.05, 0) is 38.5 Å². The quantitative estimate of drug-likeness (QED) is 0.556. The summed E-state index contributed by atoms with van der Waals surface area (Å²) in [5.41, 5.74) is 1.33. The largest absolute Gasteiger partial charge is 0.248 e. The molecule has 0 saturated heterocycles. The van der Waals surface area contributed by atoms with Gasteiger partial charge in [0.2, 0.25) is 5.92 Å². The Kier molecular flexibility index (Phi) is 6.85. The number of hydrogen-bond donors (Lipinski definition) is 0. The Balaban J connectivity index is 0.00000106. The van der Waals surface area contributed by atoms with E-state index in [0.29, 0.717) is 24.7 Å². The predicted octanol–water partition coefficient (Wildman–Crippen LogP) is 5.44. The van der Waals surface area contributed by atoms with E-state index in [0.717, 1.165) is 0 Å². The SMILES string of the molecule is C/C=C(\C)C(C)C1CCC(F)(F)CC1.CC. The van der Waals surface area contributed by atoms with E-state index in [4.69, 9.17) is 0 Å². The van der Waals surface area contributed by atoms with Gasteiger partial charge in [0.1, 0.15) is 0 Å². The normalized spacial score (nSPS) is 23.3. The lowest BCUT2D eigenvalue weighted by molar-refractivity contribution is -0.0497. The van der Waals surface area contributed by atoms with Crippen LogP contribution in [-0.4, -0.2) is 5.92 Å². The molecule has 0 nitrogen and oxygen atoms in total. The first-order chi connectivity index (χ1) is 7.46. The van der Waals surface area contributed by atoms with Gasteiger partial charge in [-0.3, -0.25) is 0 Å². The highest BCUT2D eigenvalue weighted by Crippen LogP contribution is 2.40. The lowest BCUT2D eigenvalue weighted by Gasteiger charge is -2.32. The minimum atomic E-state index is -2.39. The van der Waals surface area contributed by atoms with Gasteiger partial charge in [0, 0.05) is 12.8 Å². The maximum absolute atomic E-state index is 12.9. The zero-order chi connectivity index (χ0) is 12.8. The molecule has 1 saturated carbocycles. The summed E-state index contributed by atoms with van der Waals surface area (Å²) in [4.78, 5) is 0. The monoisotopic (exact) mass is 232 g/mol. The second-order valence-electron chi connectivity index (χ2n) is 4.51. The Labute approximate surface area is 99.1 Å². The van der Waals surface area contributed by atoms with E-state index in [2.05, 4.69) is 19.9 Å². The molecule has 0 heterocycles. The minimum Gasteiger partial charge on any atom is -0.207 e. The van der Waals surface area contributed by atoms with Gasteiger partial charge in [-0.2, -0.15) is 0 Å². The van der Waals surface area contributed by atoms with Crippen molar-refractivity contribution in [1.29, 1.82) is 0 Å². The van der Waals surface area contributed by atoms with Crippen molar-refractivity contribution in [1.82, 2.24) is 0 Å². The molecule has 1 atom stereocenters. The van der Waals surface area contributed by atoms with Crippen LogP contribution in [0.4, 0.5) is 8.78 Å². The van der Waals surface area contributed by atoms with Gasteiger partial charge in [-0.15, -0.1) is 0 Å².